The van der Waals surface area contributed by atoms with E-state index < -0.39 is 0 Å². The molecule has 112 valence electrons. The number of nitrogens with zero attached hydrogens (tertiary/aromatic N) is 2. The highest BCUT2D eigenvalue weighted by atomic mass is 19.1. The summed E-state index contributed by atoms with van der Waals surface area (Å²) in [6, 6.07) is 4.18. The molecule has 0 bridgehead atoms. The standard InChI is InChI=1S/C15H17FN2O3/c1-2-20-14(19)12-5-3-4-8-18(12)15-17-11-9-10(16)6-7-13(11)21-15/h6-7,9,12H,2-5,8H2,1H3. The summed E-state index contributed by atoms with van der Waals surface area (Å²) >= 11 is 0. The molecule has 0 saturated carbocycles. The van der Waals surface area contributed by atoms with Gasteiger partial charge in [0.25, 0.3) is 6.01 Å². The van der Waals surface area contributed by atoms with Gasteiger partial charge in [0, 0.05) is 12.6 Å². The van der Waals surface area contributed by atoms with Crippen LogP contribution in [0.3, 0.4) is 0 Å². The van der Waals surface area contributed by atoms with E-state index in [1.165, 1.54) is 12.1 Å². The lowest BCUT2D eigenvalue weighted by Crippen LogP contribution is -2.45. The zero-order chi connectivity index (χ0) is 14.8. The van der Waals surface area contributed by atoms with Gasteiger partial charge in [-0.05, 0) is 38.3 Å². The number of rotatable bonds is 3. The number of aromatic nitrogens is 1. The third kappa shape index (κ3) is 2.70. The van der Waals surface area contributed by atoms with E-state index in [1.54, 1.807) is 13.0 Å². The van der Waals surface area contributed by atoms with Crippen molar-refractivity contribution < 1.29 is 18.3 Å². The number of oxazole rings is 1. The van der Waals surface area contributed by atoms with Gasteiger partial charge in [0.2, 0.25) is 0 Å². The summed E-state index contributed by atoms with van der Waals surface area (Å²) in [7, 11) is 0. The minimum absolute atomic E-state index is 0.259. The van der Waals surface area contributed by atoms with Gasteiger partial charge < -0.3 is 14.1 Å². The van der Waals surface area contributed by atoms with Gasteiger partial charge in [0.05, 0.1) is 6.61 Å². The summed E-state index contributed by atoms with van der Waals surface area (Å²) < 4.78 is 24.0. The molecule has 1 atom stereocenters. The highest BCUT2D eigenvalue weighted by molar-refractivity contribution is 5.81. The summed E-state index contributed by atoms with van der Waals surface area (Å²) in [4.78, 5) is 18.2. The fraction of sp³-hybridized carbons (Fsp3) is 0.467. The first kappa shape index (κ1) is 13.9. The number of piperidine rings is 1. The van der Waals surface area contributed by atoms with E-state index in [1.807, 2.05) is 4.90 Å². The lowest BCUT2D eigenvalue weighted by molar-refractivity contribution is -0.145. The van der Waals surface area contributed by atoms with E-state index in [-0.39, 0.29) is 17.8 Å². The lowest BCUT2D eigenvalue weighted by atomic mass is 10.0. The smallest absolute Gasteiger partial charge is 0.328 e. The maximum atomic E-state index is 13.2. The minimum atomic E-state index is -0.378. The van der Waals surface area contributed by atoms with Crippen LogP contribution in [0.25, 0.3) is 11.1 Å². The molecule has 1 fully saturated rings. The fourth-order valence-corrected chi connectivity index (χ4v) is 2.66. The Morgan fingerprint density at radius 3 is 3.19 bits per heavy atom. The Morgan fingerprint density at radius 2 is 2.38 bits per heavy atom. The molecule has 2 heterocycles. The second kappa shape index (κ2) is 5.71. The summed E-state index contributed by atoms with van der Waals surface area (Å²) in [6.07, 6.45) is 2.64. The van der Waals surface area contributed by atoms with Crippen LogP contribution in [0.1, 0.15) is 26.2 Å². The summed E-state index contributed by atoms with van der Waals surface area (Å²) in [5.74, 6) is -0.617. The van der Waals surface area contributed by atoms with Gasteiger partial charge in [-0.3, -0.25) is 0 Å². The van der Waals surface area contributed by atoms with Crippen molar-refractivity contribution in [2.24, 2.45) is 0 Å². The highest BCUT2D eigenvalue weighted by Gasteiger charge is 2.32. The molecule has 21 heavy (non-hydrogen) atoms. The topological polar surface area (TPSA) is 55.6 Å². The molecule has 1 aliphatic rings. The largest absolute Gasteiger partial charge is 0.464 e. The van der Waals surface area contributed by atoms with Crippen LogP contribution in [0.15, 0.2) is 22.6 Å². The molecule has 0 spiro atoms. The number of carbonyl (C=O) groups excluding carboxylic acids is 1. The zero-order valence-electron chi connectivity index (χ0n) is 11.8. The molecule has 0 aliphatic carbocycles. The first-order valence-electron chi connectivity index (χ1n) is 7.18. The predicted octanol–water partition coefficient (Wildman–Crippen LogP) is 2.89. The monoisotopic (exact) mass is 292 g/mol. The quantitative estimate of drug-likeness (QED) is 0.814. The second-order valence-corrected chi connectivity index (χ2v) is 5.07. The van der Waals surface area contributed by atoms with Crippen LogP contribution in [0.2, 0.25) is 0 Å². The Morgan fingerprint density at radius 1 is 1.52 bits per heavy atom. The molecule has 6 heteroatoms. The maximum absolute atomic E-state index is 13.2. The van der Waals surface area contributed by atoms with Crippen molar-refractivity contribution in [3.63, 3.8) is 0 Å². The van der Waals surface area contributed by atoms with Crippen LogP contribution in [-0.4, -0.2) is 30.1 Å². The van der Waals surface area contributed by atoms with Crippen molar-refractivity contribution >= 4 is 23.1 Å². The van der Waals surface area contributed by atoms with Crippen LogP contribution < -0.4 is 4.90 Å². The third-order valence-electron chi connectivity index (χ3n) is 3.65. The Balaban J connectivity index is 1.92. The molecular weight excluding hydrogens is 275 g/mol. The Labute approximate surface area is 121 Å². The molecule has 0 N–H and O–H groups in total. The molecule has 0 amide bonds. The summed E-state index contributed by atoms with van der Waals surface area (Å²) in [6.45, 7) is 2.81. The fourth-order valence-electron chi connectivity index (χ4n) is 2.66. The van der Waals surface area contributed by atoms with E-state index in [0.29, 0.717) is 36.7 Å². The van der Waals surface area contributed by atoms with Gasteiger partial charge in [0.15, 0.2) is 5.58 Å². The zero-order valence-corrected chi connectivity index (χ0v) is 11.8. The number of halogens is 1. The van der Waals surface area contributed by atoms with E-state index >= 15 is 0 Å². The Hall–Kier alpha value is -2.11. The molecule has 5 nitrogen and oxygen atoms in total. The van der Waals surface area contributed by atoms with Crippen LogP contribution in [0, 0.1) is 5.82 Å². The number of benzene rings is 1. The van der Waals surface area contributed by atoms with Gasteiger partial charge in [-0.1, -0.05) is 0 Å². The lowest BCUT2D eigenvalue weighted by Gasteiger charge is -2.32. The van der Waals surface area contributed by atoms with Crippen molar-refractivity contribution in [1.29, 1.82) is 0 Å². The summed E-state index contributed by atoms with van der Waals surface area (Å²) in [5.41, 5.74) is 0.970. The molecule has 2 aromatic rings. The second-order valence-electron chi connectivity index (χ2n) is 5.07. The number of hydrogen-bond acceptors (Lipinski definition) is 5. The highest BCUT2D eigenvalue weighted by Crippen LogP contribution is 2.28. The van der Waals surface area contributed by atoms with Crippen LogP contribution >= 0.6 is 0 Å². The van der Waals surface area contributed by atoms with Crippen molar-refractivity contribution in [2.75, 3.05) is 18.1 Å². The SMILES string of the molecule is CCOC(=O)C1CCCCN1c1nc2cc(F)ccc2o1. The minimum Gasteiger partial charge on any atom is -0.464 e. The Kier molecular flexibility index (Phi) is 3.77. The molecule has 0 radical (unpaired) electrons. The normalized spacial score (nSPS) is 19.0. The van der Waals surface area contributed by atoms with Crippen molar-refractivity contribution in [1.82, 2.24) is 4.98 Å². The number of fused-ring (bicyclic) bond motifs is 1. The van der Waals surface area contributed by atoms with E-state index in [0.717, 1.165) is 12.8 Å². The first-order valence-corrected chi connectivity index (χ1v) is 7.18. The van der Waals surface area contributed by atoms with Gasteiger partial charge in [-0.15, -0.1) is 0 Å². The predicted molar refractivity (Wildman–Crippen MR) is 75.6 cm³/mol. The van der Waals surface area contributed by atoms with Gasteiger partial charge in [0.1, 0.15) is 17.4 Å². The number of hydrogen-bond donors (Lipinski definition) is 0. The van der Waals surface area contributed by atoms with Crippen LogP contribution in [-0.2, 0) is 9.53 Å². The average molecular weight is 292 g/mol. The third-order valence-corrected chi connectivity index (χ3v) is 3.65. The molecule has 1 saturated heterocycles. The maximum Gasteiger partial charge on any atom is 0.328 e. The van der Waals surface area contributed by atoms with Gasteiger partial charge in [-0.2, -0.15) is 4.98 Å². The molecule has 1 aromatic carbocycles. The average Bonchev–Trinajstić information content (AvgIpc) is 2.90. The molecular formula is C15H17FN2O3. The molecule has 1 unspecified atom stereocenters. The van der Waals surface area contributed by atoms with E-state index in [9.17, 15) is 9.18 Å². The van der Waals surface area contributed by atoms with E-state index in [2.05, 4.69) is 4.98 Å². The molecule has 1 aliphatic heterocycles. The van der Waals surface area contributed by atoms with Crippen molar-refractivity contribution in [3.05, 3.63) is 24.0 Å². The van der Waals surface area contributed by atoms with Crippen molar-refractivity contribution in [3.8, 4) is 0 Å². The van der Waals surface area contributed by atoms with Gasteiger partial charge in [-0.25, -0.2) is 9.18 Å². The number of esters is 1. The first-order chi connectivity index (χ1) is 10.2. The molecule has 3 rings (SSSR count). The summed E-state index contributed by atoms with van der Waals surface area (Å²) in [5, 5.41) is 0. The van der Waals surface area contributed by atoms with Crippen LogP contribution in [0.4, 0.5) is 10.4 Å². The number of ether oxygens (including phenoxy) is 1. The van der Waals surface area contributed by atoms with Crippen molar-refractivity contribution in [2.45, 2.75) is 32.2 Å². The number of anilines is 1. The molecule has 1 aromatic heterocycles. The number of carbonyl (C=O) groups is 1. The van der Waals surface area contributed by atoms with Crippen LogP contribution in [0.5, 0.6) is 0 Å². The van der Waals surface area contributed by atoms with E-state index in [4.69, 9.17) is 9.15 Å². The van der Waals surface area contributed by atoms with Gasteiger partial charge >= 0.3 is 5.97 Å². The Bertz CT molecular complexity index is 655.